The maximum absolute atomic E-state index is 10.8. The number of carbonyl (C=O) groups excluding carboxylic acids is 1. The summed E-state index contributed by atoms with van der Waals surface area (Å²) in [4.78, 5) is 21.0. The van der Waals surface area contributed by atoms with Crippen LogP contribution in [0.4, 0.5) is 9.59 Å². The van der Waals surface area contributed by atoms with E-state index in [0.29, 0.717) is 17.0 Å². The Hall–Kier alpha value is -0.880. The van der Waals surface area contributed by atoms with Crippen LogP contribution in [0.25, 0.3) is 0 Å². The lowest BCUT2D eigenvalue weighted by atomic mass is 10.1. The first-order valence-electron chi connectivity index (χ1n) is 7.41. The Morgan fingerprint density at radius 3 is 2.46 bits per heavy atom. The summed E-state index contributed by atoms with van der Waals surface area (Å²) in [6.07, 6.45) is 0.665. The third kappa shape index (κ3) is 19.2. The van der Waals surface area contributed by atoms with Gasteiger partial charge in [-0.2, -0.15) is 0 Å². The second kappa shape index (κ2) is 18.5. The van der Waals surface area contributed by atoms with Gasteiger partial charge in [-0.15, -0.1) is 5.92 Å². The lowest BCUT2D eigenvalue weighted by Gasteiger charge is -2.12. The standard InChI is InChI=1S/2C8H12INO2/c1-3-4-7(6(2)9)5-10-8(11)12;1-2-3-6-10-8(11)12-7-4-5-9/h6-7,10H,5H2,1-2H3,(H,11,12);2-3,6-7H2,1H3,(H,10,11). The van der Waals surface area contributed by atoms with Gasteiger partial charge in [0.1, 0.15) is 0 Å². The van der Waals surface area contributed by atoms with Crippen LogP contribution < -0.4 is 10.6 Å². The Bertz CT molecular complexity index is 476. The molecule has 8 heteroatoms. The number of nitrogens with one attached hydrogen (secondary N) is 2. The van der Waals surface area contributed by atoms with Crippen LogP contribution in [0, 0.1) is 27.6 Å². The fraction of sp³-hybridized carbons (Fsp3) is 0.625. The number of halogens is 2. The van der Waals surface area contributed by atoms with E-state index in [1.165, 1.54) is 0 Å². The second-order valence-corrected chi connectivity index (χ2v) is 7.00. The van der Waals surface area contributed by atoms with Gasteiger partial charge >= 0.3 is 12.2 Å². The van der Waals surface area contributed by atoms with Gasteiger partial charge in [0.2, 0.25) is 0 Å². The van der Waals surface area contributed by atoms with Crippen LogP contribution in [0.15, 0.2) is 0 Å². The van der Waals surface area contributed by atoms with E-state index >= 15 is 0 Å². The number of amides is 2. The summed E-state index contributed by atoms with van der Waals surface area (Å²) < 4.78 is 7.65. The Morgan fingerprint density at radius 2 is 2.00 bits per heavy atom. The highest BCUT2D eigenvalue weighted by molar-refractivity contribution is 14.1. The zero-order chi connectivity index (χ0) is 18.8. The van der Waals surface area contributed by atoms with Gasteiger partial charge in [0.05, 0.1) is 0 Å². The second-order valence-electron chi connectivity index (χ2n) is 4.49. The lowest BCUT2D eigenvalue weighted by molar-refractivity contribution is 0.160. The SMILES string of the molecule is CC#CC(CNC(=O)O)C(C)I.CCCCNC(=O)OCC#CI. The zero-order valence-electron chi connectivity index (χ0n) is 14.1. The summed E-state index contributed by atoms with van der Waals surface area (Å²) in [7, 11) is 0. The van der Waals surface area contributed by atoms with E-state index in [-0.39, 0.29) is 18.6 Å². The number of alkyl carbamates (subject to hydrolysis) is 1. The van der Waals surface area contributed by atoms with Crippen LogP contribution in [-0.4, -0.2) is 40.9 Å². The van der Waals surface area contributed by atoms with Gasteiger partial charge in [0.25, 0.3) is 0 Å². The molecule has 0 bridgehead atoms. The van der Waals surface area contributed by atoms with E-state index in [1.54, 1.807) is 6.92 Å². The van der Waals surface area contributed by atoms with Crippen molar-refractivity contribution in [1.29, 1.82) is 0 Å². The molecule has 6 nitrogen and oxygen atoms in total. The van der Waals surface area contributed by atoms with Crippen LogP contribution >= 0.6 is 45.2 Å². The fourth-order valence-electron chi connectivity index (χ4n) is 1.26. The lowest BCUT2D eigenvalue weighted by Crippen LogP contribution is -2.30. The minimum Gasteiger partial charge on any atom is -0.465 e. The largest absolute Gasteiger partial charge is 0.465 e. The maximum atomic E-state index is 10.8. The van der Waals surface area contributed by atoms with E-state index in [4.69, 9.17) is 9.84 Å². The number of carboxylic acid groups (broad SMARTS) is 1. The van der Waals surface area contributed by atoms with E-state index in [1.807, 2.05) is 29.5 Å². The van der Waals surface area contributed by atoms with Crippen molar-refractivity contribution in [2.24, 2.45) is 5.92 Å². The van der Waals surface area contributed by atoms with Crippen molar-refractivity contribution >= 4 is 57.4 Å². The average molecular weight is 562 g/mol. The molecule has 0 aliphatic carbocycles. The van der Waals surface area contributed by atoms with E-state index in [2.05, 4.69) is 61.8 Å². The molecular formula is C16H24I2N2O4. The first kappa shape index (κ1) is 25.4. The zero-order valence-corrected chi connectivity index (χ0v) is 18.4. The summed E-state index contributed by atoms with van der Waals surface area (Å²) >= 11 is 4.14. The molecule has 3 N–H and O–H groups in total. The highest BCUT2D eigenvalue weighted by Gasteiger charge is 2.11. The Morgan fingerprint density at radius 1 is 1.33 bits per heavy atom. The predicted octanol–water partition coefficient (Wildman–Crippen LogP) is 3.63. The fourth-order valence-corrected chi connectivity index (χ4v) is 1.85. The van der Waals surface area contributed by atoms with Crippen LogP contribution in [0.1, 0.15) is 33.6 Å². The summed E-state index contributed by atoms with van der Waals surface area (Å²) in [6, 6.07) is 0. The molecule has 136 valence electrons. The van der Waals surface area contributed by atoms with Gasteiger partial charge in [0.15, 0.2) is 6.61 Å². The van der Waals surface area contributed by atoms with Crippen molar-refractivity contribution in [2.45, 2.75) is 37.5 Å². The summed E-state index contributed by atoms with van der Waals surface area (Å²) in [6.45, 7) is 7.08. The number of carbonyl (C=O) groups is 2. The van der Waals surface area contributed by atoms with Crippen LogP contribution in [0.3, 0.4) is 0 Å². The van der Waals surface area contributed by atoms with Crippen molar-refractivity contribution in [3.05, 3.63) is 0 Å². The highest BCUT2D eigenvalue weighted by atomic mass is 127. The Balaban J connectivity index is 0. The molecular weight excluding hydrogens is 538 g/mol. The number of rotatable bonds is 7. The molecule has 0 heterocycles. The molecule has 2 amide bonds. The highest BCUT2D eigenvalue weighted by Crippen LogP contribution is 2.10. The van der Waals surface area contributed by atoms with Gasteiger partial charge in [-0.05, 0) is 17.3 Å². The van der Waals surface area contributed by atoms with Crippen molar-refractivity contribution in [3.63, 3.8) is 0 Å². The third-order valence-electron chi connectivity index (χ3n) is 2.50. The van der Waals surface area contributed by atoms with Crippen molar-refractivity contribution < 1.29 is 19.4 Å². The molecule has 0 aliphatic rings. The average Bonchev–Trinajstić information content (AvgIpc) is 2.52. The topological polar surface area (TPSA) is 87.7 Å². The maximum Gasteiger partial charge on any atom is 0.408 e. The molecule has 2 unspecified atom stereocenters. The normalized spacial score (nSPS) is 11.0. The quantitative estimate of drug-likeness (QED) is 0.192. The van der Waals surface area contributed by atoms with E-state index in [0.717, 1.165) is 12.8 Å². The van der Waals surface area contributed by atoms with Crippen molar-refractivity contribution in [1.82, 2.24) is 10.6 Å². The summed E-state index contributed by atoms with van der Waals surface area (Å²) in [5.74, 6) is 8.47. The van der Waals surface area contributed by atoms with Gasteiger partial charge in [0, 0.05) is 45.5 Å². The monoisotopic (exact) mass is 562 g/mol. The summed E-state index contributed by atoms with van der Waals surface area (Å²) in [5, 5.41) is 13.3. The molecule has 24 heavy (non-hydrogen) atoms. The molecule has 0 aromatic heterocycles. The molecule has 0 aromatic rings. The third-order valence-corrected chi connectivity index (χ3v) is 3.75. The van der Waals surface area contributed by atoms with Gasteiger partial charge in [-0.3, -0.25) is 0 Å². The Kier molecular flexibility index (Phi) is 19.5. The van der Waals surface area contributed by atoms with E-state index in [9.17, 15) is 9.59 Å². The van der Waals surface area contributed by atoms with Gasteiger partial charge < -0.3 is 20.5 Å². The molecule has 0 rings (SSSR count). The number of alkyl halides is 1. The number of hydrogen-bond acceptors (Lipinski definition) is 3. The van der Waals surface area contributed by atoms with Gasteiger partial charge in [-0.25, -0.2) is 9.59 Å². The predicted molar refractivity (Wildman–Crippen MR) is 113 cm³/mol. The van der Waals surface area contributed by atoms with E-state index < -0.39 is 6.09 Å². The minimum atomic E-state index is -0.991. The first-order chi connectivity index (χ1) is 11.4. The minimum absolute atomic E-state index is 0.103. The molecule has 0 saturated heterocycles. The number of unbranched alkanes of at least 4 members (excludes halogenated alkanes) is 1. The van der Waals surface area contributed by atoms with Crippen molar-refractivity contribution in [2.75, 3.05) is 19.7 Å². The molecule has 2 atom stereocenters. The molecule has 0 fully saturated rings. The molecule has 0 radical (unpaired) electrons. The smallest absolute Gasteiger partial charge is 0.408 e. The van der Waals surface area contributed by atoms with Crippen LogP contribution in [-0.2, 0) is 4.74 Å². The first-order valence-corrected chi connectivity index (χ1v) is 9.73. The molecule has 0 aromatic carbocycles. The van der Waals surface area contributed by atoms with Crippen LogP contribution in [0.2, 0.25) is 0 Å². The molecule has 0 aliphatic heterocycles. The van der Waals surface area contributed by atoms with Crippen molar-refractivity contribution in [3.8, 4) is 21.7 Å². The number of ether oxygens (including phenoxy) is 1. The molecule has 0 saturated carbocycles. The van der Waals surface area contributed by atoms with Gasteiger partial charge in [-0.1, -0.05) is 54.7 Å². The number of hydrogen-bond donors (Lipinski definition) is 3. The Labute approximate surface area is 171 Å². The summed E-state index contributed by atoms with van der Waals surface area (Å²) in [5.41, 5.74) is 0. The van der Waals surface area contributed by atoms with Crippen LogP contribution in [0.5, 0.6) is 0 Å². The molecule has 0 spiro atoms.